The van der Waals surface area contributed by atoms with E-state index in [1.807, 2.05) is 30.3 Å². The molecule has 1 N–H and O–H groups in total. The average molecular weight is 460 g/mol. The number of hydrogen-bond donors (Lipinski definition) is 1. The Morgan fingerprint density at radius 2 is 1.84 bits per heavy atom. The SMILES string of the molecule is CCN(CC)S(=O)(=O)c1ccc2c(c1)N(CC(=O)NCCCc1ccccc1)C(=O)CO2. The molecule has 8 nitrogen and oxygen atoms in total. The highest BCUT2D eigenvalue weighted by Crippen LogP contribution is 2.34. The van der Waals surface area contributed by atoms with Crippen molar-refractivity contribution in [1.29, 1.82) is 0 Å². The second kappa shape index (κ2) is 10.6. The number of benzene rings is 2. The summed E-state index contributed by atoms with van der Waals surface area (Å²) in [5.41, 5.74) is 1.48. The third-order valence-corrected chi connectivity index (χ3v) is 7.37. The number of amides is 2. The van der Waals surface area contributed by atoms with Crippen LogP contribution in [0.25, 0.3) is 0 Å². The van der Waals surface area contributed by atoms with Crippen molar-refractivity contribution in [3.8, 4) is 5.75 Å². The standard InChI is InChI=1S/C23H29N3O5S/c1-3-25(4-2)32(29,30)19-12-13-21-20(15-19)26(23(28)17-31-21)16-22(27)24-14-8-11-18-9-6-5-7-10-18/h5-7,9-10,12-13,15H,3-4,8,11,14,16-17H2,1-2H3,(H,24,27). The summed E-state index contributed by atoms with van der Waals surface area (Å²) in [6.07, 6.45) is 1.61. The minimum atomic E-state index is -3.71. The van der Waals surface area contributed by atoms with Gasteiger partial charge < -0.3 is 10.1 Å². The van der Waals surface area contributed by atoms with Gasteiger partial charge in [-0.3, -0.25) is 14.5 Å². The van der Waals surface area contributed by atoms with Crippen LogP contribution >= 0.6 is 0 Å². The lowest BCUT2D eigenvalue weighted by atomic mass is 10.1. The monoisotopic (exact) mass is 459 g/mol. The summed E-state index contributed by atoms with van der Waals surface area (Å²) in [6, 6.07) is 14.4. The number of hydrogen-bond acceptors (Lipinski definition) is 5. The fraction of sp³-hybridized carbons (Fsp3) is 0.391. The van der Waals surface area contributed by atoms with E-state index < -0.39 is 15.9 Å². The third-order valence-electron chi connectivity index (χ3n) is 5.33. The van der Waals surface area contributed by atoms with Crippen LogP contribution in [0.4, 0.5) is 5.69 Å². The van der Waals surface area contributed by atoms with Crippen LogP contribution in [0.2, 0.25) is 0 Å². The van der Waals surface area contributed by atoms with E-state index in [9.17, 15) is 18.0 Å². The molecule has 2 aromatic carbocycles. The van der Waals surface area contributed by atoms with Crippen molar-refractivity contribution in [2.75, 3.05) is 37.7 Å². The van der Waals surface area contributed by atoms with E-state index in [1.165, 1.54) is 33.0 Å². The number of anilines is 1. The molecular formula is C23H29N3O5S. The van der Waals surface area contributed by atoms with E-state index in [0.717, 1.165) is 12.8 Å². The maximum atomic E-state index is 12.9. The molecule has 0 saturated carbocycles. The van der Waals surface area contributed by atoms with Crippen LogP contribution in [-0.2, 0) is 26.0 Å². The molecule has 0 bridgehead atoms. The minimum Gasteiger partial charge on any atom is -0.482 e. The van der Waals surface area contributed by atoms with Crippen molar-refractivity contribution >= 4 is 27.5 Å². The Balaban J connectivity index is 1.68. The van der Waals surface area contributed by atoms with Crippen molar-refractivity contribution in [3.05, 3.63) is 54.1 Å². The molecule has 0 aliphatic carbocycles. The molecule has 1 heterocycles. The highest BCUT2D eigenvalue weighted by molar-refractivity contribution is 7.89. The van der Waals surface area contributed by atoms with Gasteiger partial charge in [0.2, 0.25) is 15.9 Å². The lowest BCUT2D eigenvalue weighted by molar-refractivity contribution is -0.125. The lowest BCUT2D eigenvalue weighted by Gasteiger charge is -2.29. The molecule has 2 amide bonds. The topological polar surface area (TPSA) is 96.0 Å². The maximum Gasteiger partial charge on any atom is 0.265 e. The van der Waals surface area contributed by atoms with Gasteiger partial charge in [0, 0.05) is 19.6 Å². The van der Waals surface area contributed by atoms with Crippen LogP contribution in [0.15, 0.2) is 53.4 Å². The smallest absolute Gasteiger partial charge is 0.265 e. The van der Waals surface area contributed by atoms with Crippen molar-refractivity contribution in [3.63, 3.8) is 0 Å². The summed E-state index contributed by atoms with van der Waals surface area (Å²) < 4.78 is 32.6. The van der Waals surface area contributed by atoms with E-state index in [0.29, 0.717) is 25.4 Å². The summed E-state index contributed by atoms with van der Waals surface area (Å²) in [5.74, 6) is -0.328. The van der Waals surface area contributed by atoms with Crippen LogP contribution in [0, 0.1) is 0 Å². The molecule has 0 radical (unpaired) electrons. The van der Waals surface area contributed by atoms with E-state index in [2.05, 4.69) is 5.32 Å². The molecule has 0 saturated heterocycles. The number of nitrogens with one attached hydrogen (secondary N) is 1. The van der Waals surface area contributed by atoms with Crippen molar-refractivity contribution in [2.45, 2.75) is 31.6 Å². The molecule has 0 aromatic heterocycles. The number of rotatable bonds is 10. The first kappa shape index (κ1) is 23.7. The highest BCUT2D eigenvalue weighted by atomic mass is 32.2. The molecule has 0 spiro atoms. The zero-order valence-corrected chi connectivity index (χ0v) is 19.2. The zero-order chi connectivity index (χ0) is 23.1. The van der Waals surface area contributed by atoms with Crippen LogP contribution in [-0.4, -0.2) is 57.3 Å². The molecule has 0 atom stereocenters. The Morgan fingerprint density at radius 3 is 2.53 bits per heavy atom. The first-order valence-electron chi connectivity index (χ1n) is 10.7. The van der Waals surface area contributed by atoms with E-state index in [4.69, 9.17) is 4.74 Å². The summed E-state index contributed by atoms with van der Waals surface area (Å²) in [6.45, 7) is 4.28. The molecule has 1 aliphatic rings. The van der Waals surface area contributed by atoms with Crippen molar-refractivity contribution in [1.82, 2.24) is 9.62 Å². The number of aryl methyl sites for hydroxylation is 1. The van der Waals surface area contributed by atoms with Crippen LogP contribution in [0.5, 0.6) is 5.75 Å². The number of sulfonamides is 1. The second-order valence-electron chi connectivity index (χ2n) is 7.43. The molecule has 0 unspecified atom stereocenters. The number of ether oxygens (including phenoxy) is 1. The highest BCUT2D eigenvalue weighted by Gasteiger charge is 2.30. The van der Waals surface area contributed by atoms with E-state index in [-0.39, 0.29) is 29.6 Å². The molecule has 1 aliphatic heterocycles. The number of fused-ring (bicyclic) bond motifs is 1. The Kier molecular flexibility index (Phi) is 7.87. The summed E-state index contributed by atoms with van der Waals surface area (Å²) >= 11 is 0. The van der Waals surface area contributed by atoms with Gasteiger partial charge in [0.05, 0.1) is 10.6 Å². The van der Waals surface area contributed by atoms with Gasteiger partial charge in [0.1, 0.15) is 12.3 Å². The molecule has 0 fully saturated rings. The number of carbonyl (C=O) groups excluding carboxylic acids is 2. The van der Waals surface area contributed by atoms with Gasteiger partial charge in [0.25, 0.3) is 5.91 Å². The largest absolute Gasteiger partial charge is 0.482 e. The van der Waals surface area contributed by atoms with Gasteiger partial charge in [-0.15, -0.1) is 0 Å². The summed E-state index contributed by atoms with van der Waals surface area (Å²) in [5, 5.41) is 2.83. The molecule has 172 valence electrons. The van der Waals surface area contributed by atoms with Gasteiger partial charge >= 0.3 is 0 Å². The number of nitrogens with zero attached hydrogens (tertiary/aromatic N) is 2. The Morgan fingerprint density at radius 1 is 1.12 bits per heavy atom. The van der Waals surface area contributed by atoms with E-state index >= 15 is 0 Å². The van der Waals surface area contributed by atoms with Crippen LogP contribution in [0.3, 0.4) is 0 Å². The Bertz CT molecular complexity index is 1050. The average Bonchev–Trinajstić information content (AvgIpc) is 2.79. The first-order chi connectivity index (χ1) is 15.4. The molecule has 9 heteroatoms. The predicted octanol–water partition coefficient (Wildman–Crippen LogP) is 2.19. The summed E-state index contributed by atoms with van der Waals surface area (Å²) in [4.78, 5) is 26.3. The maximum absolute atomic E-state index is 12.9. The van der Waals surface area contributed by atoms with Crippen molar-refractivity contribution in [2.24, 2.45) is 0 Å². The summed E-state index contributed by atoms with van der Waals surface area (Å²) in [7, 11) is -3.71. The van der Waals surface area contributed by atoms with Crippen LogP contribution in [0.1, 0.15) is 25.8 Å². The van der Waals surface area contributed by atoms with E-state index in [1.54, 1.807) is 13.8 Å². The minimum absolute atomic E-state index is 0.0616. The molecule has 2 aromatic rings. The quantitative estimate of drug-likeness (QED) is 0.550. The Hall–Kier alpha value is -2.91. The molecule has 3 rings (SSSR count). The lowest BCUT2D eigenvalue weighted by Crippen LogP contribution is -2.45. The second-order valence-corrected chi connectivity index (χ2v) is 9.36. The number of carbonyl (C=O) groups is 2. The van der Waals surface area contributed by atoms with Gasteiger partial charge in [-0.25, -0.2) is 8.42 Å². The zero-order valence-electron chi connectivity index (χ0n) is 18.4. The van der Waals surface area contributed by atoms with Crippen LogP contribution < -0.4 is 15.0 Å². The molecular weight excluding hydrogens is 430 g/mol. The van der Waals surface area contributed by atoms with Gasteiger partial charge in [-0.2, -0.15) is 4.31 Å². The fourth-order valence-corrected chi connectivity index (χ4v) is 5.07. The Labute approximate surface area is 189 Å². The third kappa shape index (κ3) is 5.46. The fourth-order valence-electron chi connectivity index (χ4n) is 3.59. The normalized spacial score (nSPS) is 13.6. The van der Waals surface area contributed by atoms with Crippen molar-refractivity contribution < 1.29 is 22.7 Å². The predicted molar refractivity (Wildman–Crippen MR) is 122 cm³/mol. The van der Waals surface area contributed by atoms with Gasteiger partial charge in [-0.1, -0.05) is 44.2 Å². The van der Waals surface area contributed by atoms with Gasteiger partial charge in [-0.05, 0) is 36.6 Å². The van der Waals surface area contributed by atoms with Gasteiger partial charge in [0.15, 0.2) is 6.61 Å². The molecule has 32 heavy (non-hydrogen) atoms. The first-order valence-corrected chi connectivity index (χ1v) is 12.2.